The molecule has 8 heteroatoms. The molecular weight excluding hydrogens is 563 g/mol. The van der Waals surface area contributed by atoms with Gasteiger partial charge in [-0.15, -0.1) is 0 Å². The van der Waals surface area contributed by atoms with E-state index in [0.29, 0.717) is 29.2 Å². The highest BCUT2D eigenvalue weighted by Crippen LogP contribution is 2.31. The van der Waals surface area contributed by atoms with E-state index in [9.17, 15) is 9.18 Å². The molecule has 4 aromatic rings. The second kappa shape index (κ2) is 14.4. The zero-order valence-electron chi connectivity index (χ0n) is 25.4. The van der Waals surface area contributed by atoms with Crippen LogP contribution in [0.4, 0.5) is 4.39 Å². The number of hydrogen-bond acceptors (Lipinski definition) is 4. The summed E-state index contributed by atoms with van der Waals surface area (Å²) in [5.74, 6) is 0.466. The van der Waals surface area contributed by atoms with Crippen molar-refractivity contribution < 1.29 is 13.9 Å². The Morgan fingerprint density at radius 1 is 1.00 bits per heavy atom. The Bertz CT molecular complexity index is 1530. The van der Waals surface area contributed by atoms with Gasteiger partial charge in [0.1, 0.15) is 11.6 Å². The molecular formula is C35H42ClFN4O2. The van der Waals surface area contributed by atoms with Crippen molar-refractivity contribution in [1.29, 1.82) is 0 Å². The molecule has 1 N–H and O–H groups in total. The Hall–Kier alpha value is -3.39. The van der Waals surface area contributed by atoms with Crippen LogP contribution in [0.3, 0.4) is 0 Å². The summed E-state index contributed by atoms with van der Waals surface area (Å²) in [6, 6.07) is 19.0. The summed E-state index contributed by atoms with van der Waals surface area (Å²) in [6.45, 7) is 12.5. The fourth-order valence-corrected chi connectivity index (χ4v) is 6.13. The van der Waals surface area contributed by atoms with Crippen molar-refractivity contribution in [2.75, 3.05) is 32.7 Å². The fraction of sp³-hybridized carbons (Fsp3) is 0.400. The van der Waals surface area contributed by atoms with Crippen LogP contribution >= 0.6 is 11.6 Å². The van der Waals surface area contributed by atoms with Gasteiger partial charge in [-0.05, 0) is 77.0 Å². The number of nitrogens with one attached hydrogen (secondary N) is 1. The van der Waals surface area contributed by atoms with E-state index < -0.39 is 0 Å². The first-order chi connectivity index (χ1) is 20.8. The normalized spacial score (nSPS) is 14.7. The number of nitrogens with zero attached hydrogens (tertiary/aromatic N) is 3. The van der Waals surface area contributed by atoms with Crippen LogP contribution in [0.5, 0.6) is 5.75 Å². The lowest BCUT2D eigenvalue weighted by Gasteiger charge is -2.22. The van der Waals surface area contributed by atoms with E-state index in [0.717, 1.165) is 74.3 Å². The lowest BCUT2D eigenvalue weighted by Crippen LogP contribution is -2.31. The number of fused-ring (bicyclic) bond motifs is 1. The molecule has 0 unspecified atom stereocenters. The maximum Gasteiger partial charge on any atom is 0.253 e. The molecule has 0 saturated carbocycles. The summed E-state index contributed by atoms with van der Waals surface area (Å²) in [5, 5.41) is 4.50. The third kappa shape index (κ3) is 7.96. The molecule has 0 aliphatic carbocycles. The molecule has 1 aliphatic heterocycles. The molecule has 5 rings (SSSR count). The van der Waals surface area contributed by atoms with E-state index in [4.69, 9.17) is 16.3 Å². The molecule has 43 heavy (non-hydrogen) atoms. The number of ether oxygens (including phenoxy) is 1. The SMILES string of the molecule is Cc1cccc(CNC(=O)c2cn(CCCN3CCCN(Cc4c(F)cccc4Cl)CC3)c3c(OC(C)C)cccc23)c1. The Balaban J connectivity index is 1.25. The van der Waals surface area contributed by atoms with Gasteiger partial charge in [0.15, 0.2) is 0 Å². The summed E-state index contributed by atoms with van der Waals surface area (Å²) in [7, 11) is 0. The summed E-state index contributed by atoms with van der Waals surface area (Å²) in [6.07, 6.45) is 3.96. The Morgan fingerprint density at radius 2 is 1.77 bits per heavy atom. The Morgan fingerprint density at radius 3 is 2.56 bits per heavy atom. The van der Waals surface area contributed by atoms with Gasteiger partial charge in [0.25, 0.3) is 5.91 Å². The Kier molecular flexibility index (Phi) is 10.4. The van der Waals surface area contributed by atoms with Gasteiger partial charge in [-0.1, -0.05) is 59.6 Å². The van der Waals surface area contributed by atoms with Gasteiger partial charge < -0.3 is 19.5 Å². The second-order valence-corrected chi connectivity index (χ2v) is 12.2. The molecule has 1 aliphatic rings. The van der Waals surface area contributed by atoms with Crippen LogP contribution in [-0.2, 0) is 19.6 Å². The molecule has 228 valence electrons. The van der Waals surface area contributed by atoms with Gasteiger partial charge in [-0.2, -0.15) is 0 Å². The second-order valence-electron chi connectivity index (χ2n) is 11.8. The number of carbonyl (C=O) groups excluding carboxylic acids is 1. The first-order valence-corrected chi connectivity index (χ1v) is 15.7. The lowest BCUT2D eigenvalue weighted by molar-refractivity contribution is 0.0952. The summed E-state index contributed by atoms with van der Waals surface area (Å²) in [5.41, 5.74) is 4.45. The van der Waals surface area contributed by atoms with Gasteiger partial charge in [-0.3, -0.25) is 9.69 Å². The first-order valence-electron chi connectivity index (χ1n) is 15.3. The molecule has 2 heterocycles. The van der Waals surface area contributed by atoms with Crippen LogP contribution in [0.1, 0.15) is 53.7 Å². The lowest BCUT2D eigenvalue weighted by atomic mass is 10.1. The van der Waals surface area contributed by atoms with Crippen LogP contribution in [0.2, 0.25) is 5.02 Å². The zero-order chi connectivity index (χ0) is 30.3. The van der Waals surface area contributed by atoms with E-state index in [1.165, 1.54) is 11.6 Å². The van der Waals surface area contributed by atoms with Crippen molar-refractivity contribution in [2.24, 2.45) is 0 Å². The van der Waals surface area contributed by atoms with Crippen LogP contribution in [0, 0.1) is 12.7 Å². The van der Waals surface area contributed by atoms with E-state index in [1.54, 1.807) is 12.1 Å². The number of amides is 1. The molecule has 0 bridgehead atoms. The van der Waals surface area contributed by atoms with Crippen molar-refractivity contribution in [3.8, 4) is 5.75 Å². The van der Waals surface area contributed by atoms with Crippen LogP contribution in [0.15, 0.2) is 66.9 Å². The predicted octanol–water partition coefficient (Wildman–Crippen LogP) is 7.06. The van der Waals surface area contributed by atoms with Crippen molar-refractivity contribution >= 4 is 28.4 Å². The van der Waals surface area contributed by atoms with E-state index >= 15 is 0 Å². The molecule has 1 aromatic heterocycles. The van der Waals surface area contributed by atoms with Gasteiger partial charge >= 0.3 is 0 Å². The smallest absolute Gasteiger partial charge is 0.253 e. The third-order valence-corrected chi connectivity index (χ3v) is 8.36. The summed E-state index contributed by atoms with van der Waals surface area (Å²) < 4.78 is 22.7. The number of benzene rings is 3. The molecule has 0 atom stereocenters. The van der Waals surface area contributed by atoms with Gasteiger partial charge in [-0.25, -0.2) is 4.39 Å². The fourth-order valence-electron chi connectivity index (χ4n) is 5.91. The Labute approximate surface area is 259 Å². The highest BCUT2D eigenvalue weighted by atomic mass is 35.5. The van der Waals surface area contributed by atoms with E-state index in [-0.39, 0.29) is 17.8 Å². The topological polar surface area (TPSA) is 49.7 Å². The molecule has 1 fully saturated rings. The molecule has 0 spiro atoms. The van der Waals surface area contributed by atoms with Crippen LogP contribution in [0.25, 0.3) is 10.9 Å². The highest BCUT2D eigenvalue weighted by molar-refractivity contribution is 6.31. The number of carbonyl (C=O) groups is 1. The van der Waals surface area contributed by atoms with Crippen molar-refractivity contribution in [2.45, 2.75) is 59.4 Å². The van der Waals surface area contributed by atoms with Crippen LogP contribution < -0.4 is 10.1 Å². The first kappa shape index (κ1) is 31.0. The average molecular weight is 605 g/mol. The molecule has 6 nitrogen and oxygen atoms in total. The predicted molar refractivity (Wildman–Crippen MR) is 172 cm³/mol. The maximum atomic E-state index is 14.3. The van der Waals surface area contributed by atoms with Crippen molar-refractivity contribution in [1.82, 2.24) is 19.7 Å². The number of para-hydroxylation sites is 1. The largest absolute Gasteiger partial charge is 0.489 e. The van der Waals surface area contributed by atoms with Crippen molar-refractivity contribution in [3.05, 3.63) is 100.0 Å². The molecule has 1 amide bonds. The molecule has 1 saturated heterocycles. The molecule has 0 radical (unpaired) electrons. The average Bonchev–Trinajstić information content (AvgIpc) is 3.20. The minimum atomic E-state index is -0.239. The van der Waals surface area contributed by atoms with Gasteiger partial charge in [0.05, 0.1) is 17.2 Å². The minimum absolute atomic E-state index is 0.0202. The van der Waals surface area contributed by atoms with Crippen molar-refractivity contribution in [3.63, 3.8) is 0 Å². The number of halogens is 2. The monoisotopic (exact) mass is 604 g/mol. The van der Waals surface area contributed by atoms with Gasteiger partial charge in [0, 0.05) is 54.9 Å². The maximum absolute atomic E-state index is 14.3. The molecule has 3 aromatic carbocycles. The number of hydrogen-bond donors (Lipinski definition) is 1. The minimum Gasteiger partial charge on any atom is -0.489 e. The summed E-state index contributed by atoms with van der Waals surface area (Å²) in [4.78, 5) is 18.2. The zero-order valence-corrected chi connectivity index (χ0v) is 26.2. The highest BCUT2D eigenvalue weighted by Gasteiger charge is 2.20. The number of aryl methyl sites for hydroxylation is 2. The van der Waals surface area contributed by atoms with E-state index in [2.05, 4.69) is 38.7 Å². The number of rotatable bonds is 11. The van der Waals surface area contributed by atoms with Crippen LogP contribution in [-0.4, -0.2) is 59.1 Å². The number of aromatic nitrogens is 1. The summed E-state index contributed by atoms with van der Waals surface area (Å²) >= 11 is 6.28. The van der Waals surface area contributed by atoms with E-state index in [1.807, 2.05) is 50.4 Å². The quantitative estimate of drug-likeness (QED) is 0.199. The van der Waals surface area contributed by atoms with Gasteiger partial charge in [0.2, 0.25) is 0 Å². The third-order valence-electron chi connectivity index (χ3n) is 8.00. The standard InChI is InChI=1S/C35H42ClFN4O2/c1-25(2)43-33-14-5-11-28-29(35(42)38-22-27-10-4-9-26(3)21-27)24-41(34(28)33)18-8-16-39-15-7-17-40(20-19-39)23-30-31(36)12-6-13-32(30)37/h4-6,9-14,21,24-25H,7-8,15-20,22-23H2,1-3H3,(H,38,42).